The Labute approximate surface area is 250 Å². The largest absolute Gasteiger partial charge is 0.465 e. The van der Waals surface area contributed by atoms with E-state index in [-0.39, 0.29) is 42.7 Å². The number of para-hydroxylation sites is 1. The van der Waals surface area contributed by atoms with Crippen LogP contribution in [-0.4, -0.2) is 63.6 Å². The third-order valence-corrected chi connectivity index (χ3v) is 11.1. The predicted octanol–water partition coefficient (Wildman–Crippen LogP) is 5.05. The highest BCUT2D eigenvalue weighted by atomic mass is 35.5. The lowest BCUT2D eigenvalue weighted by Gasteiger charge is -2.42. The number of hydrogen-bond donors (Lipinski definition) is 1. The predicted molar refractivity (Wildman–Crippen MR) is 162 cm³/mol. The van der Waals surface area contributed by atoms with Crippen molar-refractivity contribution in [1.29, 1.82) is 0 Å². The van der Waals surface area contributed by atoms with Gasteiger partial charge in [-0.1, -0.05) is 73.1 Å². The van der Waals surface area contributed by atoms with Crippen LogP contribution in [0.3, 0.4) is 0 Å². The Bertz CT molecular complexity index is 1340. The van der Waals surface area contributed by atoms with Crippen LogP contribution < -0.4 is 4.90 Å². The van der Waals surface area contributed by atoms with Gasteiger partial charge in [0.25, 0.3) is 5.91 Å². The third kappa shape index (κ3) is 4.80. The van der Waals surface area contributed by atoms with Crippen molar-refractivity contribution < 1.29 is 24.2 Å². The molecule has 3 heterocycles. The molecule has 7 atom stereocenters. The van der Waals surface area contributed by atoms with Gasteiger partial charge in [0.1, 0.15) is 6.04 Å². The second-order valence-corrected chi connectivity index (χ2v) is 12.8. The van der Waals surface area contributed by atoms with E-state index in [1.165, 1.54) is 0 Å². The van der Waals surface area contributed by atoms with Crippen molar-refractivity contribution in [2.45, 2.75) is 41.8 Å². The summed E-state index contributed by atoms with van der Waals surface area (Å²) in [6, 6.07) is 14.6. The number of rotatable bonds is 11. The van der Waals surface area contributed by atoms with Crippen molar-refractivity contribution in [3.05, 3.63) is 90.5 Å². The number of anilines is 1. The molecule has 3 saturated heterocycles. The van der Waals surface area contributed by atoms with Gasteiger partial charge in [-0.3, -0.25) is 14.4 Å². The molecule has 7 nitrogen and oxygen atoms in total. The van der Waals surface area contributed by atoms with E-state index in [1.807, 2.05) is 30.3 Å². The van der Waals surface area contributed by atoms with Crippen molar-refractivity contribution in [1.82, 2.24) is 4.90 Å². The molecule has 1 spiro atoms. The molecule has 0 saturated carbocycles. The molecule has 2 bridgehead atoms. The number of thioether (sulfide) groups is 1. The number of carbonyl (C=O) groups is 3. The van der Waals surface area contributed by atoms with Gasteiger partial charge in [-0.2, -0.15) is 0 Å². The first kappa shape index (κ1) is 29.4. The monoisotopic (exact) mass is 594 g/mol. The normalized spacial score (nSPS) is 28.7. The summed E-state index contributed by atoms with van der Waals surface area (Å²) in [5, 5.41) is 11.0. The first-order valence-electron chi connectivity index (χ1n) is 13.9. The van der Waals surface area contributed by atoms with Crippen LogP contribution >= 0.6 is 23.4 Å². The van der Waals surface area contributed by atoms with Gasteiger partial charge >= 0.3 is 5.97 Å². The van der Waals surface area contributed by atoms with Crippen LogP contribution in [0, 0.1) is 17.8 Å². The molecule has 3 aliphatic heterocycles. The van der Waals surface area contributed by atoms with Gasteiger partial charge in [-0.05, 0) is 36.5 Å². The van der Waals surface area contributed by atoms with Crippen LogP contribution in [0.25, 0.3) is 0 Å². The lowest BCUT2D eigenvalue weighted by molar-refractivity contribution is -0.154. The molecule has 2 amide bonds. The standard InChI is InChI=1S/C32H35ClN2O5S/c1-4-6-17-40-31(39)26-25-18-20(3)32(41-25)27(26)29(37)35(24(19-36)21-12-8-7-9-13-21)28(32)30(38)34(16-5-2)23-15-11-10-14-22(23)33/h4-5,7-15,20,24-28,36H,1-2,6,16-19H2,3H3/t20?,24-,25+,26-,27+,28?,32?/m1/s1. The number of aliphatic hydroxyl groups excluding tert-OH is 1. The fraction of sp³-hybridized carbons (Fsp3) is 0.406. The number of carbonyl (C=O) groups excluding carboxylic acids is 3. The molecule has 9 heteroatoms. The SMILES string of the molecule is C=CCCOC(=O)[C@@H]1[C@@H]2CC(C)C3(S2)C(C(=O)N(CC=C)c2ccccc2Cl)N([C@H](CO)c2ccccc2)C(=O)[C@H]13. The smallest absolute Gasteiger partial charge is 0.310 e. The van der Waals surface area contributed by atoms with Crippen LogP contribution in [0.1, 0.15) is 31.4 Å². The van der Waals surface area contributed by atoms with Gasteiger partial charge < -0.3 is 19.6 Å². The first-order valence-corrected chi connectivity index (χ1v) is 15.2. The van der Waals surface area contributed by atoms with Gasteiger partial charge in [-0.15, -0.1) is 24.9 Å². The Morgan fingerprint density at radius 3 is 2.56 bits per heavy atom. The molecule has 3 fully saturated rings. The summed E-state index contributed by atoms with van der Waals surface area (Å²) in [6.07, 6.45) is 4.49. The Kier molecular flexibility index (Phi) is 8.64. The maximum Gasteiger partial charge on any atom is 0.310 e. The number of halogens is 1. The van der Waals surface area contributed by atoms with E-state index in [9.17, 15) is 19.5 Å². The minimum atomic E-state index is -0.954. The van der Waals surface area contributed by atoms with E-state index in [1.54, 1.807) is 58.0 Å². The molecule has 1 N–H and O–H groups in total. The Morgan fingerprint density at radius 1 is 1.20 bits per heavy atom. The molecule has 0 radical (unpaired) electrons. The fourth-order valence-electron chi connectivity index (χ4n) is 6.97. The molecule has 0 aromatic heterocycles. The number of benzene rings is 2. The van der Waals surface area contributed by atoms with E-state index in [2.05, 4.69) is 20.1 Å². The number of nitrogens with zero attached hydrogens (tertiary/aromatic N) is 2. The van der Waals surface area contributed by atoms with Crippen molar-refractivity contribution in [2.24, 2.45) is 17.8 Å². The molecule has 3 unspecified atom stereocenters. The average molecular weight is 595 g/mol. The van der Waals surface area contributed by atoms with Gasteiger partial charge in [0.2, 0.25) is 5.91 Å². The van der Waals surface area contributed by atoms with Crippen LogP contribution in [0.4, 0.5) is 5.69 Å². The maximum absolute atomic E-state index is 14.9. The van der Waals surface area contributed by atoms with Crippen LogP contribution in [0.5, 0.6) is 0 Å². The zero-order valence-electron chi connectivity index (χ0n) is 23.0. The van der Waals surface area contributed by atoms with Gasteiger partial charge in [-0.25, -0.2) is 0 Å². The highest BCUT2D eigenvalue weighted by molar-refractivity contribution is 8.02. The fourth-order valence-corrected chi connectivity index (χ4v) is 9.59. The third-order valence-electron chi connectivity index (χ3n) is 8.67. The molecule has 5 rings (SSSR count). The quantitative estimate of drug-likeness (QED) is 0.223. The van der Waals surface area contributed by atoms with Crippen LogP contribution in [-0.2, 0) is 19.1 Å². The molecule has 3 aliphatic rings. The van der Waals surface area contributed by atoms with E-state index in [0.29, 0.717) is 29.1 Å². The zero-order valence-corrected chi connectivity index (χ0v) is 24.6. The summed E-state index contributed by atoms with van der Waals surface area (Å²) in [7, 11) is 0. The first-order chi connectivity index (χ1) is 19.8. The van der Waals surface area contributed by atoms with Crippen molar-refractivity contribution in [2.75, 3.05) is 24.7 Å². The van der Waals surface area contributed by atoms with E-state index in [0.717, 1.165) is 0 Å². The molecular formula is C32H35ClN2O5S. The van der Waals surface area contributed by atoms with Crippen LogP contribution in [0.2, 0.25) is 5.02 Å². The average Bonchev–Trinajstić information content (AvgIpc) is 3.57. The maximum atomic E-state index is 14.9. The molecule has 2 aromatic rings. The second-order valence-electron chi connectivity index (χ2n) is 10.8. The van der Waals surface area contributed by atoms with Crippen LogP contribution in [0.15, 0.2) is 79.9 Å². The highest BCUT2D eigenvalue weighted by Crippen LogP contribution is 2.69. The second kappa shape index (κ2) is 12.0. The topological polar surface area (TPSA) is 87.2 Å². The summed E-state index contributed by atoms with van der Waals surface area (Å²) >= 11 is 8.14. The van der Waals surface area contributed by atoms with Gasteiger partial charge in [0, 0.05) is 11.8 Å². The van der Waals surface area contributed by atoms with E-state index in [4.69, 9.17) is 16.3 Å². The number of esters is 1. The minimum absolute atomic E-state index is 0.0467. The lowest BCUT2D eigenvalue weighted by atomic mass is 9.66. The number of fused-ring (bicyclic) bond motifs is 1. The van der Waals surface area contributed by atoms with Crippen molar-refractivity contribution in [3.8, 4) is 0 Å². The lowest BCUT2D eigenvalue weighted by Crippen LogP contribution is -2.58. The molecule has 0 aliphatic carbocycles. The minimum Gasteiger partial charge on any atom is -0.465 e. The van der Waals surface area contributed by atoms with Crippen molar-refractivity contribution in [3.63, 3.8) is 0 Å². The number of hydrogen-bond acceptors (Lipinski definition) is 6. The zero-order chi connectivity index (χ0) is 29.3. The molecule has 41 heavy (non-hydrogen) atoms. The summed E-state index contributed by atoms with van der Waals surface area (Å²) in [5.74, 6) is -2.54. The van der Waals surface area contributed by atoms with Crippen molar-refractivity contribution >= 4 is 46.8 Å². The Morgan fingerprint density at radius 2 is 1.90 bits per heavy atom. The molecule has 2 aromatic carbocycles. The van der Waals surface area contributed by atoms with Gasteiger partial charge in [0.05, 0.1) is 46.5 Å². The number of likely N-dealkylation sites (tertiary alicyclic amines) is 1. The summed E-state index contributed by atoms with van der Waals surface area (Å²) in [4.78, 5) is 46.0. The number of aliphatic hydroxyl groups is 1. The summed E-state index contributed by atoms with van der Waals surface area (Å²) in [5.41, 5.74) is 1.22. The number of ether oxygens (including phenoxy) is 1. The highest BCUT2D eigenvalue weighted by Gasteiger charge is 2.77. The Hall–Kier alpha value is -3.07. The number of amides is 2. The van der Waals surface area contributed by atoms with E-state index >= 15 is 0 Å². The summed E-state index contributed by atoms with van der Waals surface area (Å²) < 4.78 is 4.73. The van der Waals surface area contributed by atoms with E-state index < -0.39 is 34.6 Å². The molecule has 216 valence electrons. The Balaban J connectivity index is 1.65. The summed E-state index contributed by atoms with van der Waals surface area (Å²) in [6.45, 7) is 9.59. The van der Waals surface area contributed by atoms with Gasteiger partial charge in [0.15, 0.2) is 0 Å². The molecular weight excluding hydrogens is 560 g/mol.